The molecule has 1 unspecified atom stereocenters. The van der Waals surface area contributed by atoms with Gasteiger partial charge in [-0.05, 0) is 38.5 Å². The molecule has 1 aromatic rings. The van der Waals surface area contributed by atoms with Gasteiger partial charge in [-0.1, -0.05) is 12.1 Å². The second-order valence-electron chi connectivity index (χ2n) is 5.49. The molecule has 0 bridgehead atoms. The number of carbonyl (C=O) groups is 1. The molecular formula is C13H21N3O3S. The number of rotatable bonds is 6. The summed E-state index contributed by atoms with van der Waals surface area (Å²) in [6.45, 7) is 5.02. The van der Waals surface area contributed by atoms with Gasteiger partial charge in [0, 0.05) is 18.0 Å². The van der Waals surface area contributed by atoms with Crippen molar-refractivity contribution in [1.82, 2.24) is 4.72 Å². The van der Waals surface area contributed by atoms with Crippen molar-refractivity contribution in [2.75, 3.05) is 0 Å². The molecule has 0 saturated heterocycles. The average Bonchev–Trinajstić information content (AvgIpc) is 2.25. The number of carbonyl (C=O) groups excluding carboxylic acids is 1. The molecule has 7 heteroatoms. The molecule has 1 atom stereocenters. The van der Waals surface area contributed by atoms with Crippen LogP contribution in [0.2, 0.25) is 0 Å². The van der Waals surface area contributed by atoms with E-state index >= 15 is 0 Å². The van der Waals surface area contributed by atoms with Crippen LogP contribution in [0, 0.1) is 0 Å². The van der Waals surface area contributed by atoms with Crippen LogP contribution in [0.15, 0.2) is 29.2 Å². The zero-order chi connectivity index (χ0) is 15.6. The number of nitrogens with one attached hydrogen (secondary N) is 1. The minimum Gasteiger partial charge on any atom is -0.370 e. The number of sulfonamides is 1. The summed E-state index contributed by atoms with van der Waals surface area (Å²) in [6.07, 6.45) is -0.0792. The van der Waals surface area contributed by atoms with Crippen molar-refractivity contribution in [1.29, 1.82) is 0 Å². The molecule has 0 radical (unpaired) electrons. The summed E-state index contributed by atoms with van der Waals surface area (Å²) in [6, 6.07) is 6.15. The molecule has 0 aliphatic rings. The normalized spacial score (nSPS) is 14.0. The average molecular weight is 299 g/mol. The number of primary amides is 1. The Hall–Kier alpha value is -1.44. The largest absolute Gasteiger partial charge is 0.370 e. The third-order valence-electron chi connectivity index (χ3n) is 2.74. The van der Waals surface area contributed by atoms with Gasteiger partial charge in [0.05, 0.1) is 4.90 Å². The predicted octanol–water partition coefficient (Wildman–Crippen LogP) is 0.639. The summed E-state index contributed by atoms with van der Waals surface area (Å²) in [4.78, 5) is 11.1. The predicted molar refractivity (Wildman–Crippen MR) is 77.3 cm³/mol. The molecule has 0 heterocycles. The fourth-order valence-electron chi connectivity index (χ4n) is 1.84. The molecule has 1 amide bonds. The quantitative estimate of drug-likeness (QED) is 0.714. The third kappa shape index (κ3) is 4.59. The van der Waals surface area contributed by atoms with Gasteiger partial charge >= 0.3 is 0 Å². The Morgan fingerprint density at radius 1 is 1.30 bits per heavy atom. The number of hydrogen-bond donors (Lipinski definition) is 3. The lowest BCUT2D eigenvalue weighted by Crippen LogP contribution is -2.45. The summed E-state index contributed by atoms with van der Waals surface area (Å²) in [7, 11) is -3.70. The molecule has 0 spiro atoms. The van der Waals surface area contributed by atoms with E-state index in [0.717, 1.165) is 5.56 Å². The van der Waals surface area contributed by atoms with Crippen molar-refractivity contribution in [2.45, 2.75) is 43.7 Å². The number of benzene rings is 1. The molecule has 5 N–H and O–H groups in total. The van der Waals surface area contributed by atoms with E-state index in [-0.39, 0.29) is 17.4 Å². The fraction of sp³-hybridized carbons (Fsp3) is 0.462. The van der Waals surface area contributed by atoms with E-state index in [2.05, 4.69) is 4.72 Å². The van der Waals surface area contributed by atoms with Crippen LogP contribution in [0.25, 0.3) is 0 Å². The van der Waals surface area contributed by atoms with Crippen LogP contribution >= 0.6 is 0 Å². The molecule has 1 rings (SSSR count). The van der Waals surface area contributed by atoms with Gasteiger partial charge in [0.15, 0.2) is 0 Å². The van der Waals surface area contributed by atoms with Gasteiger partial charge in [-0.2, -0.15) is 0 Å². The van der Waals surface area contributed by atoms with E-state index in [1.165, 1.54) is 12.1 Å². The summed E-state index contributed by atoms with van der Waals surface area (Å²) in [5, 5.41) is 0. The molecule has 0 aliphatic carbocycles. The summed E-state index contributed by atoms with van der Waals surface area (Å²) >= 11 is 0. The Labute approximate surface area is 119 Å². The highest BCUT2D eigenvalue weighted by atomic mass is 32.2. The minimum atomic E-state index is -3.70. The van der Waals surface area contributed by atoms with Crippen molar-refractivity contribution in [3.05, 3.63) is 29.8 Å². The Morgan fingerprint density at radius 2 is 1.80 bits per heavy atom. The van der Waals surface area contributed by atoms with E-state index in [9.17, 15) is 13.2 Å². The highest BCUT2D eigenvalue weighted by Gasteiger charge is 2.27. The summed E-state index contributed by atoms with van der Waals surface area (Å²) < 4.78 is 26.9. The second-order valence-corrected chi connectivity index (χ2v) is 7.17. The first kappa shape index (κ1) is 16.6. The maximum Gasteiger partial charge on any atom is 0.241 e. The molecule has 6 nitrogen and oxygen atoms in total. The van der Waals surface area contributed by atoms with Crippen LogP contribution in [-0.4, -0.2) is 19.9 Å². The van der Waals surface area contributed by atoms with Gasteiger partial charge < -0.3 is 11.5 Å². The molecular weight excluding hydrogens is 278 g/mol. The van der Waals surface area contributed by atoms with Gasteiger partial charge in [0.1, 0.15) is 0 Å². The van der Waals surface area contributed by atoms with Gasteiger partial charge in [-0.25, -0.2) is 13.1 Å². The first-order valence-corrected chi connectivity index (χ1v) is 7.70. The highest BCUT2D eigenvalue weighted by molar-refractivity contribution is 7.89. The third-order valence-corrected chi connectivity index (χ3v) is 4.46. The van der Waals surface area contributed by atoms with Gasteiger partial charge in [0.25, 0.3) is 0 Å². The minimum absolute atomic E-state index is 0.0792. The van der Waals surface area contributed by atoms with Crippen LogP contribution in [0.5, 0.6) is 0 Å². The van der Waals surface area contributed by atoms with Crippen molar-refractivity contribution in [3.63, 3.8) is 0 Å². The monoisotopic (exact) mass is 299 g/mol. The van der Waals surface area contributed by atoms with Crippen LogP contribution in [0.1, 0.15) is 38.8 Å². The van der Waals surface area contributed by atoms with Gasteiger partial charge in [0.2, 0.25) is 15.9 Å². The maximum atomic E-state index is 12.2. The van der Waals surface area contributed by atoms with Crippen LogP contribution in [0.3, 0.4) is 0 Å². The molecule has 0 aliphatic heterocycles. The van der Waals surface area contributed by atoms with Crippen molar-refractivity contribution < 1.29 is 13.2 Å². The van der Waals surface area contributed by atoms with Gasteiger partial charge in [-0.15, -0.1) is 0 Å². The standard InChI is InChI=1S/C13H21N3O3S/c1-9(14)10-4-6-11(7-5-10)20(18,19)16-13(2,3)8-12(15)17/h4-7,9,16H,8,14H2,1-3H3,(H2,15,17). The molecule has 1 aromatic carbocycles. The Balaban J connectivity index is 2.96. The molecule has 20 heavy (non-hydrogen) atoms. The lowest BCUT2D eigenvalue weighted by atomic mass is 10.0. The molecule has 0 saturated carbocycles. The maximum absolute atomic E-state index is 12.2. The topological polar surface area (TPSA) is 115 Å². The zero-order valence-electron chi connectivity index (χ0n) is 11.9. The zero-order valence-corrected chi connectivity index (χ0v) is 12.7. The highest BCUT2D eigenvalue weighted by Crippen LogP contribution is 2.18. The fourth-order valence-corrected chi connectivity index (χ4v) is 3.26. The Bertz CT molecular complexity index is 577. The summed E-state index contributed by atoms with van der Waals surface area (Å²) in [5.41, 5.74) is 10.7. The Kier molecular flexibility index (Phi) is 4.90. The molecule has 0 fully saturated rings. The smallest absolute Gasteiger partial charge is 0.241 e. The first-order valence-electron chi connectivity index (χ1n) is 6.21. The summed E-state index contributed by atoms with van der Waals surface area (Å²) in [5.74, 6) is -0.565. The number of hydrogen-bond acceptors (Lipinski definition) is 4. The van der Waals surface area contributed by atoms with Crippen LogP contribution in [-0.2, 0) is 14.8 Å². The lowest BCUT2D eigenvalue weighted by Gasteiger charge is -2.24. The second kappa shape index (κ2) is 5.90. The van der Waals surface area contributed by atoms with E-state index in [4.69, 9.17) is 11.5 Å². The first-order chi connectivity index (χ1) is 9.03. The SMILES string of the molecule is CC(N)c1ccc(S(=O)(=O)NC(C)(C)CC(N)=O)cc1. The van der Waals surface area contributed by atoms with Crippen molar-refractivity contribution in [3.8, 4) is 0 Å². The Morgan fingerprint density at radius 3 is 2.20 bits per heavy atom. The van der Waals surface area contributed by atoms with Crippen molar-refractivity contribution in [2.24, 2.45) is 11.5 Å². The van der Waals surface area contributed by atoms with Crippen molar-refractivity contribution >= 4 is 15.9 Å². The molecule has 112 valence electrons. The van der Waals surface area contributed by atoms with Crippen LogP contribution < -0.4 is 16.2 Å². The van der Waals surface area contributed by atoms with Crippen LogP contribution in [0.4, 0.5) is 0 Å². The number of nitrogens with two attached hydrogens (primary N) is 2. The number of amides is 1. The lowest BCUT2D eigenvalue weighted by molar-refractivity contribution is -0.119. The van der Waals surface area contributed by atoms with E-state index < -0.39 is 21.5 Å². The van der Waals surface area contributed by atoms with Gasteiger partial charge in [-0.3, -0.25) is 4.79 Å². The van der Waals surface area contributed by atoms with E-state index in [0.29, 0.717) is 0 Å². The molecule has 0 aromatic heterocycles. The van der Waals surface area contributed by atoms with E-state index in [1.54, 1.807) is 26.0 Å². The van der Waals surface area contributed by atoms with E-state index in [1.807, 2.05) is 6.92 Å².